The Balaban J connectivity index is 2.24. The fourth-order valence-electron chi connectivity index (χ4n) is 2.13. The van der Waals surface area contributed by atoms with Crippen molar-refractivity contribution in [3.63, 3.8) is 0 Å². The summed E-state index contributed by atoms with van der Waals surface area (Å²) in [5.41, 5.74) is 4.41. The number of ketones is 1. The van der Waals surface area contributed by atoms with E-state index in [0.29, 0.717) is 6.42 Å². The Kier molecular flexibility index (Phi) is 4.61. The SMILES string of the molecule is Cc1c(Cl)cccc1-c1ccc(CC(=O)C(C)C)cc1. The van der Waals surface area contributed by atoms with Crippen LogP contribution >= 0.6 is 11.6 Å². The molecule has 0 spiro atoms. The fraction of sp³-hybridized carbons (Fsp3) is 0.278. The van der Waals surface area contributed by atoms with Gasteiger partial charge in [-0.1, -0.05) is 61.8 Å². The van der Waals surface area contributed by atoms with E-state index in [1.807, 2.05) is 45.0 Å². The van der Waals surface area contributed by atoms with E-state index in [4.69, 9.17) is 11.6 Å². The Morgan fingerprint density at radius 3 is 2.35 bits per heavy atom. The van der Waals surface area contributed by atoms with Gasteiger partial charge in [-0.2, -0.15) is 0 Å². The summed E-state index contributed by atoms with van der Waals surface area (Å²) < 4.78 is 0. The second-order valence-electron chi connectivity index (χ2n) is 5.41. The van der Waals surface area contributed by atoms with Gasteiger partial charge in [-0.05, 0) is 35.2 Å². The number of carbonyl (C=O) groups excluding carboxylic acids is 1. The van der Waals surface area contributed by atoms with Gasteiger partial charge in [0.05, 0.1) is 0 Å². The minimum atomic E-state index is 0.0878. The van der Waals surface area contributed by atoms with Crippen LogP contribution in [-0.4, -0.2) is 5.78 Å². The van der Waals surface area contributed by atoms with Crippen molar-refractivity contribution in [3.05, 3.63) is 58.6 Å². The molecule has 0 amide bonds. The van der Waals surface area contributed by atoms with Crippen LogP contribution in [0.1, 0.15) is 25.0 Å². The summed E-state index contributed by atoms with van der Waals surface area (Å²) in [7, 11) is 0. The zero-order valence-corrected chi connectivity index (χ0v) is 12.9. The van der Waals surface area contributed by atoms with Crippen molar-refractivity contribution in [2.45, 2.75) is 27.2 Å². The first-order valence-corrected chi connectivity index (χ1v) is 7.24. The van der Waals surface area contributed by atoms with Gasteiger partial charge in [0.2, 0.25) is 0 Å². The van der Waals surface area contributed by atoms with E-state index in [2.05, 4.69) is 18.2 Å². The molecule has 1 nitrogen and oxygen atoms in total. The second kappa shape index (κ2) is 6.23. The highest BCUT2D eigenvalue weighted by Crippen LogP contribution is 2.28. The van der Waals surface area contributed by atoms with Crippen molar-refractivity contribution in [1.29, 1.82) is 0 Å². The molecule has 0 unspecified atom stereocenters. The average molecular weight is 287 g/mol. The van der Waals surface area contributed by atoms with E-state index in [-0.39, 0.29) is 11.7 Å². The van der Waals surface area contributed by atoms with Crippen LogP contribution in [0.4, 0.5) is 0 Å². The highest BCUT2D eigenvalue weighted by molar-refractivity contribution is 6.31. The first kappa shape index (κ1) is 14.8. The molecule has 0 radical (unpaired) electrons. The van der Waals surface area contributed by atoms with E-state index in [1.54, 1.807) is 0 Å². The standard InChI is InChI=1S/C18H19ClO/c1-12(2)18(20)11-14-7-9-15(10-8-14)16-5-4-6-17(19)13(16)3/h4-10,12H,11H2,1-3H3. The van der Waals surface area contributed by atoms with Crippen molar-refractivity contribution >= 4 is 17.4 Å². The molecule has 104 valence electrons. The molecule has 0 aliphatic carbocycles. The highest BCUT2D eigenvalue weighted by atomic mass is 35.5. The molecule has 0 aliphatic heterocycles. The van der Waals surface area contributed by atoms with E-state index in [0.717, 1.165) is 27.3 Å². The van der Waals surface area contributed by atoms with Gasteiger partial charge in [-0.3, -0.25) is 4.79 Å². The van der Waals surface area contributed by atoms with Gasteiger partial charge in [0, 0.05) is 17.4 Å². The molecule has 2 heteroatoms. The molecule has 0 heterocycles. The summed E-state index contributed by atoms with van der Waals surface area (Å²) in [5.74, 6) is 0.363. The molecule has 0 aliphatic rings. The third-order valence-electron chi connectivity index (χ3n) is 3.55. The topological polar surface area (TPSA) is 17.1 Å². The van der Waals surface area contributed by atoms with E-state index in [9.17, 15) is 4.79 Å². The number of benzene rings is 2. The summed E-state index contributed by atoms with van der Waals surface area (Å²) in [6, 6.07) is 14.1. The molecule has 0 aromatic heterocycles. The van der Waals surface area contributed by atoms with Gasteiger partial charge < -0.3 is 0 Å². The molecule has 0 saturated carbocycles. The summed E-state index contributed by atoms with van der Waals surface area (Å²) in [6.07, 6.45) is 0.506. The van der Waals surface area contributed by atoms with E-state index >= 15 is 0 Å². The van der Waals surface area contributed by atoms with Crippen molar-refractivity contribution < 1.29 is 4.79 Å². The normalized spacial score (nSPS) is 10.8. The maximum atomic E-state index is 11.7. The van der Waals surface area contributed by atoms with Crippen LogP contribution in [0.3, 0.4) is 0 Å². The summed E-state index contributed by atoms with van der Waals surface area (Å²) in [4.78, 5) is 11.7. The number of hydrogen-bond acceptors (Lipinski definition) is 1. The lowest BCUT2D eigenvalue weighted by Crippen LogP contribution is -2.09. The third-order valence-corrected chi connectivity index (χ3v) is 3.96. The van der Waals surface area contributed by atoms with Gasteiger partial charge >= 0.3 is 0 Å². The number of hydrogen-bond donors (Lipinski definition) is 0. The van der Waals surface area contributed by atoms with Crippen molar-refractivity contribution in [1.82, 2.24) is 0 Å². The summed E-state index contributed by atoms with van der Waals surface area (Å²) in [6.45, 7) is 5.89. The second-order valence-corrected chi connectivity index (χ2v) is 5.81. The predicted molar refractivity (Wildman–Crippen MR) is 85.2 cm³/mol. The summed E-state index contributed by atoms with van der Waals surface area (Å²) >= 11 is 6.15. The number of halogens is 1. The number of rotatable bonds is 4. The molecule has 0 atom stereocenters. The molecule has 2 rings (SSSR count). The molecule has 0 N–H and O–H groups in total. The first-order valence-electron chi connectivity index (χ1n) is 6.86. The molecule has 2 aromatic rings. The van der Waals surface area contributed by atoms with Gasteiger partial charge in [0.1, 0.15) is 5.78 Å². The average Bonchev–Trinajstić information content (AvgIpc) is 2.43. The molecular weight excluding hydrogens is 268 g/mol. The van der Waals surface area contributed by atoms with Crippen LogP contribution in [0.25, 0.3) is 11.1 Å². The Bertz CT molecular complexity index is 612. The van der Waals surface area contributed by atoms with Crippen LogP contribution < -0.4 is 0 Å². The van der Waals surface area contributed by atoms with Crippen LogP contribution in [0.2, 0.25) is 5.02 Å². The van der Waals surface area contributed by atoms with Crippen molar-refractivity contribution in [3.8, 4) is 11.1 Å². The lowest BCUT2D eigenvalue weighted by atomic mass is 9.96. The van der Waals surface area contributed by atoms with Crippen LogP contribution in [0.5, 0.6) is 0 Å². The smallest absolute Gasteiger partial charge is 0.139 e. The molecule has 0 fully saturated rings. The van der Waals surface area contributed by atoms with E-state index in [1.165, 1.54) is 0 Å². The zero-order valence-electron chi connectivity index (χ0n) is 12.1. The van der Waals surface area contributed by atoms with Crippen LogP contribution in [0, 0.1) is 12.8 Å². The minimum absolute atomic E-state index is 0.0878. The lowest BCUT2D eigenvalue weighted by molar-refractivity contribution is -0.121. The van der Waals surface area contributed by atoms with E-state index < -0.39 is 0 Å². The molecular formula is C18H19ClO. The molecule has 20 heavy (non-hydrogen) atoms. The Hall–Kier alpha value is -1.60. The highest BCUT2D eigenvalue weighted by Gasteiger charge is 2.09. The van der Waals surface area contributed by atoms with Crippen LogP contribution in [-0.2, 0) is 11.2 Å². The van der Waals surface area contributed by atoms with Crippen molar-refractivity contribution in [2.24, 2.45) is 5.92 Å². The first-order chi connectivity index (χ1) is 9.49. The van der Waals surface area contributed by atoms with Crippen molar-refractivity contribution in [2.75, 3.05) is 0 Å². The largest absolute Gasteiger partial charge is 0.299 e. The Morgan fingerprint density at radius 1 is 1.10 bits per heavy atom. The van der Waals surface area contributed by atoms with Crippen LogP contribution in [0.15, 0.2) is 42.5 Å². The Labute approximate surface area is 125 Å². The quantitative estimate of drug-likeness (QED) is 0.766. The third kappa shape index (κ3) is 3.29. The monoisotopic (exact) mass is 286 g/mol. The molecule has 0 bridgehead atoms. The van der Waals surface area contributed by atoms with Gasteiger partial charge in [-0.25, -0.2) is 0 Å². The van der Waals surface area contributed by atoms with Gasteiger partial charge in [0.15, 0.2) is 0 Å². The fourth-order valence-corrected chi connectivity index (χ4v) is 2.30. The number of carbonyl (C=O) groups is 1. The van der Waals surface area contributed by atoms with Gasteiger partial charge in [-0.15, -0.1) is 0 Å². The number of Topliss-reactive ketones (excluding diaryl/α,β-unsaturated/α-hetero) is 1. The lowest BCUT2D eigenvalue weighted by Gasteiger charge is -2.09. The Morgan fingerprint density at radius 2 is 1.75 bits per heavy atom. The molecule has 0 saturated heterocycles. The van der Waals surface area contributed by atoms with Gasteiger partial charge in [0.25, 0.3) is 0 Å². The minimum Gasteiger partial charge on any atom is -0.299 e. The maximum Gasteiger partial charge on any atom is 0.139 e. The molecule has 2 aromatic carbocycles. The maximum absolute atomic E-state index is 11.7. The zero-order chi connectivity index (χ0) is 14.7. The predicted octanol–water partition coefficient (Wildman–Crippen LogP) is 5.08. The summed E-state index contributed by atoms with van der Waals surface area (Å²) in [5, 5.41) is 0.779.